The predicted octanol–water partition coefficient (Wildman–Crippen LogP) is 3.43. The lowest BCUT2D eigenvalue weighted by Crippen LogP contribution is -2.52. The summed E-state index contributed by atoms with van der Waals surface area (Å²) in [6.45, 7) is 6.24. The van der Waals surface area contributed by atoms with Gasteiger partial charge in [0.2, 0.25) is 0 Å². The summed E-state index contributed by atoms with van der Waals surface area (Å²) in [5.74, 6) is 1.96. The minimum Gasteiger partial charge on any atom is -0.469 e. The minimum atomic E-state index is 0. The van der Waals surface area contributed by atoms with Gasteiger partial charge >= 0.3 is 0 Å². The molecule has 7 nitrogen and oxygen atoms in total. The second-order valence-electron chi connectivity index (χ2n) is 7.45. The molecule has 2 aromatic heterocycles. The number of piperazine rings is 1. The topological polar surface area (TPSA) is 70.0 Å². The zero-order valence-electron chi connectivity index (χ0n) is 17.7. The van der Waals surface area contributed by atoms with E-state index in [-0.39, 0.29) is 24.0 Å². The number of hydrogen-bond donors (Lipinski definition) is 1. The lowest BCUT2D eigenvalue weighted by molar-refractivity contribution is 0.169. The fourth-order valence-electron chi connectivity index (χ4n) is 3.62. The first kappa shape index (κ1) is 23.3. The molecule has 1 fully saturated rings. The number of nitrogens with one attached hydrogen (secondary N) is 1. The lowest BCUT2D eigenvalue weighted by Gasteiger charge is -2.36. The number of furan rings is 1. The fraction of sp³-hybridized carbons (Fsp3) is 0.391. The molecule has 0 spiro atoms. The highest BCUT2D eigenvalue weighted by atomic mass is 127. The van der Waals surface area contributed by atoms with Crippen molar-refractivity contribution in [1.29, 1.82) is 0 Å². The van der Waals surface area contributed by atoms with Crippen LogP contribution in [0.2, 0.25) is 0 Å². The van der Waals surface area contributed by atoms with Crippen LogP contribution < -0.4 is 5.32 Å². The summed E-state index contributed by atoms with van der Waals surface area (Å²) in [5, 5.41) is 7.60. The normalized spacial score (nSPS) is 15.0. The van der Waals surface area contributed by atoms with E-state index in [1.54, 1.807) is 12.5 Å². The quantitative estimate of drug-likeness (QED) is 0.271. The van der Waals surface area contributed by atoms with Crippen LogP contribution in [0.15, 0.2) is 75.0 Å². The molecule has 1 N–H and O–H groups in total. The number of aliphatic imine (C=N–C) groups is 1. The molecular weight excluding hydrogens is 505 g/mol. The molecule has 1 saturated heterocycles. The van der Waals surface area contributed by atoms with Crippen molar-refractivity contribution in [3.05, 3.63) is 78.1 Å². The molecule has 0 saturated carbocycles. The number of aromatic nitrogens is 1. The third kappa shape index (κ3) is 7.39. The molecule has 1 aliphatic rings. The van der Waals surface area contributed by atoms with Gasteiger partial charge in [-0.15, -0.1) is 24.0 Å². The van der Waals surface area contributed by atoms with E-state index in [2.05, 4.69) is 50.6 Å². The SMILES string of the molecule is I.c1ccc(CCNC(=NCCc2ccco2)N2CCN(Cc3ccon3)CC2)cc1. The molecule has 0 atom stereocenters. The van der Waals surface area contributed by atoms with E-state index in [4.69, 9.17) is 13.9 Å². The molecule has 1 aromatic carbocycles. The van der Waals surface area contributed by atoms with Gasteiger partial charge in [0.25, 0.3) is 0 Å². The molecule has 166 valence electrons. The van der Waals surface area contributed by atoms with Crippen molar-refractivity contribution in [1.82, 2.24) is 20.3 Å². The van der Waals surface area contributed by atoms with Crippen LogP contribution in [0.4, 0.5) is 0 Å². The number of rotatable bonds is 8. The van der Waals surface area contributed by atoms with Gasteiger partial charge in [0.15, 0.2) is 5.96 Å². The smallest absolute Gasteiger partial charge is 0.194 e. The molecule has 8 heteroatoms. The molecule has 4 rings (SSSR count). The summed E-state index contributed by atoms with van der Waals surface area (Å²) in [4.78, 5) is 9.63. The molecular formula is C23H30IN5O2. The highest BCUT2D eigenvalue weighted by Gasteiger charge is 2.20. The molecule has 0 amide bonds. The minimum absolute atomic E-state index is 0. The Kier molecular flexibility index (Phi) is 9.41. The van der Waals surface area contributed by atoms with Gasteiger partial charge in [-0.05, 0) is 24.1 Å². The van der Waals surface area contributed by atoms with Crippen molar-refractivity contribution < 1.29 is 8.94 Å². The van der Waals surface area contributed by atoms with E-state index in [1.807, 2.05) is 18.2 Å². The van der Waals surface area contributed by atoms with Crippen molar-refractivity contribution in [2.75, 3.05) is 39.3 Å². The summed E-state index contributed by atoms with van der Waals surface area (Å²) in [7, 11) is 0. The standard InChI is InChI=1S/C23H29N5O2.HI/c1-2-5-20(6-3-1)8-11-24-23(25-12-9-22-7-4-17-29-22)28-15-13-27(14-16-28)19-21-10-18-30-26-21;/h1-7,10,17-18H,8-9,11-16,19H2,(H,24,25);1H. The molecule has 0 bridgehead atoms. The zero-order valence-corrected chi connectivity index (χ0v) is 20.0. The first-order valence-electron chi connectivity index (χ1n) is 10.6. The van der Waals surface area contributed by atoms with Crippen LogP contribution in [0, 0.1) is 0 Å². The summed E-state index contributed by atoms with van der Waals surface area (Å²) >= 11 is 0. The number of nitrogens with zero attached hydrogens (tertiary/aromatic N) is 4. The largest absolute Gasteiger partial charge is 0.469 e. The van der Waals surface area contributed by atoms with E-state index >= 15 is 0 Å². The maximum absolute atomic E-state index is 5.44. The maximum Gasteiger partial charge on any atom is 0.194 e. The molecule has 31 heavy (non-hydrogen) atoms. The van der Waals surface area contributed by atoms with Gasteiger partial charge in [-0.1, -0.05) is 35.5 Å². The van der Waals surface area contributed by atoms with Crippen molar-refractivity contribution in [2.24, 2.45) is 4.99 Å². The second-order valence-corrected chi connectivity index (χ2v) is 7.45. The Morgan fingerprint density at radius 1 is 0.968 bits per heavy atom. The van der Waals surface area contributed by atoms with E-state index in [1.165, 1.54) is 5.56 Å². The van der Waals surface area contributed by atoms with Crippen molar-refractivity contribution in [2.45, 2.75) is 19.4 Å². The first-order chi connectivity index (χ1) is 14.9. The summed E-state index contributed by atoms with van der Waals surface area (Å²) in [5.41, 5.74) is 2.31. The summed E-state index contributed by atoms with van der Waals surface area (Å²) in [6.07, 6.45) is 5.13. The van der Waals surface area contributed by atoms with Crippen LogP contribution in [0.3, 0.4) is 0 Å². The number of halogens is 1. The summed E-state index contributed by atoms with van der Waals surface area (Å²) < 4.78 is 10.4. The Balaban J connectivity index is 0.00000272. The van der Waals surface area contributed by atoms with Crippen molar-refractivity contribution in [3.8, 4) is 0 Å². The molecule has 0 radical (unpaired) electrons. The van der Waals surface area contributed by atoms with Gasteiger partial charge in [-0.2, -0.15) is 0 Å². The molecule has 1 aliphatic heterocycles. The van der Waals surface area contributed by atoms with Gasteiger partial charge in [-0.25, -0.2) is 0 Å². The first-order valence-corrected chi connectivity index (χ1v) is 10.6. The number of hydrogen-bond acceptors (Lipinski definition) is 5. The van der Waals surface area contributed by atoms with Gasteiger partial charge in [-0.3, -0.25) is 9.89 Å². The monoisotopic (exact) mass is 535 g/mol. The van der Waals surface area contributed by atoms with Crippen LogP contribution in [0.25, 0.3) is 0 Å². The molecule has 3 heterocycles. The summed E-state index contributed by atoms with van der Waals surface area (Å²) in [6, 6.07) is 16.4. The van der Waals surface area contributed by atoms with Crippen molar-refractivity contribution >= 4 is 29.9 Å². The Labute approximate surface area is 200 Å². The second kappa shape index (κ2) is 12.5. The number of guanidine groups is 1. The van der Waals surface area contributed by atoms with E-state index < -0.39 is 0 Å². The number of benzene rings is 1. The van der Waals surface area contributed by atoms with Crippen LogP contribution in [0.5, 0.6) is 0 Å². The van der Waals surface area contributed by atoms with E-state index in [9.17, 15) is 0 Å². The Bertz CT molecular complexity index is 876. The molecule has 0 aliphatic carbocycles. The Morgan fingerprint density at radius 3 is 2.52 bits per heavy atom. The van der Waals surface area contributed by atoms with Crippen LogP contribution in [0.1, 0.15) is 17.0 Å². The van der Waals surface area contributed by atoms with E-state index in [0.717, 1.165) is 69.5 Å². The van der Waals surface area contributed by atoms with Gasteiger partial charge < -0.3 is 19.2 Å². The Morgan fingerprint density at radius 2 is 1.81 bits per heavy atom. The molecule has 3 aromatic rings. The van der Waals surface area contributed by atoms with Crippen molar-refractivity contribution in [3.63, 3.8) is 0 Å². The zero-order chi connectivity index (χ0) is 20.4. The lowest BCUT2D eigenvalue weighted by atomic mass is 10.1. The molecule has 0 unspecified atom stereocenters. The van der Waals surface area contributed by atoms with Crippen LogP contribution in [-0.4, -0.2) is 60.2 Å². The van der Waals surface area contributed by atoms with Gasteiger partial charge in [0, 0.05) is 58.3 Å². The fourth-order valence-corrected chi connectivity index (χ4v) is 3.62. The maximum atomic E-state index is 5.44. The van der Waals surface area contributed by atoms with Gasteiger partial charge in [0.05, 0.1) is 12.0 Å². The highest BCUT2D eigenvalue weighted by molar-refractivity contribution is 14.0. The van der Waals surface area contributed by atoms with E-state index in [0.29, 0.717) is 6.54 Å². The van der Waals surface area contributed by atoms with Crippen LogP contribution in [-0.2, 0) is 19.4 Å². The highest BCUT2D eigenvalue weighted by Crippen LogP contribution is 2.08. The Hall–Kier alpha value is -2.33. The third-order valence-corrected chi connectivity index (χ3v) is 5.29. The predicted molar refractivity (Wildman–Crippen MR) is 132 cm³/mol. The van der Waals surface area contributed by atoms with Crippen LogP contribution >= 0.6 is 24.0 Å². The average Bonchev–Trinajstić information content (AvgIpc) is 3.49. The van der Waals surface area contributed by atoms with Gasteiger partial charge in [0.1, 0.15) is 12.0 Å². The average molecular weight is 535 g/mol. The third-order valence-electron chi connectivity index (χ3n) is 5.29.